The van der Waals surface area contributed by atoms with Crippen molar-refractivity contribution in [3.05, 3.63) is 12.4 Å². The van der Waals surface area contributed by atoms with Crippen LogP contribution in [0.4, 0.5) is 5.69 Å². The molecule has 2 saturated carbocycles. The number of nitrogens with one attached hydrogen (secondary N) is 1. The summed E-state index contributed by atoms with van der Waals surface area (Å²) in [4.78, 5) is 0. The molecule has 0 aromatic carbocycles. The second-order valence-electron chi connectivity index (χ2n) is 6.30. The van der Waals surface area contributed by atoms with Gasteiger partial charge in [-0.15, -0.1) is 0 Å². The zero-order valence-electron chi connectivity index (χ0n) is 13.2. The van der Waals surface area contributed by atoms with Gasteiger partial charge >= 0.3 is 0 Å². The molecule has 2 unspecified atom stereocenters. The van der Waals surface area contributed by atoms with E-state index in [-0.39, 0.29) is 0 Å². The fourth-order valence-electron chi connectivity index (χ4n) is 4.04. The number of anilines is 1. The number of hydrogen-bond donors (Lipinski definition) is 1. The number of methoxy groups -OCH3 is 1. The molecule has 2 fully saturated rings. The van der Waals surface area contributed by atoms with Gasteiger partial charge in [0.15, 0.2) is 0 Å². The molecule has 1 spiro atoms. The molecule has 1 heterocycles. The first-order valence-corrected chi connectivity index (χ1v) is 8.18. The Balaban J connectivity index is 1.61. The quantitative estimate of drug-likeness (QED) is 0.839. The summed E-state index contributed by atoms with van der Waals surface area (Å²) in [6, 6.07) is 0.539. The maximum absolute atomic E-state index is 5.96. The van der Waals surface area contributed by atoms with Crippen LogP contribution in [-0.2, 0) is 16.0 Å². The normalized spacial score (nSPS) is 27.0. The molecule has 118 valence electrons. The van der Waals surface area contributed by atoms with Gasteiger partial charge in [-0.05, 0) is 26.2 Å². The zero-order valence-corrected chi connectivity index (χ0v) is 13.2. The van der Waals surface area contributed by atoms with Crippen LogP contribution in [0.25, 0.3) is 0 Å². The summed E-state index contributed by atoms with van der Waals surface area (Å²) >= 11 is 0. The first-order chi connectivity index (χ1) is 10.3. The highest BCUT2D eigenvalue weighted by atomic mass is 16.5. The van der Waals surface area contributed by atoms with E-state index in [1.807, 2.05) is 10.9 Å². The van der Waals surface area contributed by atoms with Gasteiger partial charge in [0.25, 0.3) is 0 Å². The first kappa shape index (κ1) is 14.9. The van der Waals surface area contributed by atoms with Gasteiger partial charge in [0.1, 0.15) is 0 Å². The Hall–Kier alpha value is -1.07. The molecule has 21 heavy (non-hydrogen) atoms. The molecule has 0 amide bonds. The minimum atomic E-state index is 0.366. The number of hydrogen-bond acceptors (Lipinski definition) is 4. The van der Waals surface area contributed by atoms with Crippen LogP contribution >= 0.6 is 0 Å². The molecule has 5 nitrogen and oxygen atoms in total. The lowest BCUT2D eigenvalue weighted by Crippen LogP contribution is -2.60. The SMILES string of the molecule is CCOC1CC(Nc2cnn(CCOC)c2)C12CCCC2. The van der Waals surface area contributed by atoms with Crippen LogP contribution in [0.15, 0.2) is 12.4 Å². The van der Waals surface area contributed by atoms with Gasteiger partial charge in [-0.2, -0.15) is 5.10 Å². The zero-order chi connectivity index (χ0) is 14.7. The summed E-state index contributed by atoms with van der Waals surface area (Å²) < 4.78 is 13.0. The maximum Gasteiger partial charge on any atom is 0.0728 e. The molecule has 2 aliphatic carbocycles. The summed E-state index contributed by atoms with van der Waals surface area (Å²) in [7, 11) is 1.72. The second-order valence-corrected chi connectivity index (χ2v) is 6.30. The van der Waals surface area contributed by atoms with E-state index in [2.05, 4.69) is 23.5 Å². The smallest absolute Gasteiger partial charge is 0.0728 e. The van der Waals surface area contributed by atoms with Gasteiger partial charge in [-0.1, -0.05) is 12.8 Å². The molecule has 0 bridgehead atoms. The molecule has 0 radical (unpaired) electrons. The lowest BCUT2D eigenvalue weighted by molar-refractivity contribution is -0.114. The van der Waals surface area contributed by atoms with E-state index in [0.717, 1.165) is 25.3 Å². The molecule has 3 rings (SSSR count). The average Bonchev–Trinajstić information content (AvgIpc) is 3.15. The average molecular weight is 293 g/mol. The van der Waals surface area contributed by atoms with Gasteiger partial charge < -0.3 is 14.8 Å². The second kappa shape index (κ2) is 6.36. The molecular formula is C16H27N3O2. The van der Waals surface area contributed by atoms with Gasteiger partial charge in [0.2, 0.25) is 0 Å². The van der Waals surface area contributed by atoms with Crippen molar-refractivity contribution in [1.82, 2.24) is 9.78 Å². The fourth-order valence-corrected chi connectivity index (χ4v) is 4.04. The third-order valence-electron chi connectivity index (χ3n) is 5.19. The fraction of sp³-hybridized carbons (Fsp3) is 0.812. The van der Waals surface area contributed by atoms with E-state index in [0.29, 0.717) is 24.2 Å². The van der Waals surface area contributed by atoms with Crippen LogP contribution in [0.3, 0.4) is 0 Å². The third kappa shape index (κ3) is 2.81. The predicted molar refractivity (Wildman–Crippen MR) is 82.4 cm³/mol. The Morgan fingerprint density at radius 3 is 2.95 bits per heavy atom. The Morgan fingerprint density at radius 1 is 1.43 bits per heavy atom. The molecule has 0 aliphatic heterocycles. The number of ether oxygens (including phenoxy) is 2. The van der Waals surface area contributed by atoms with Crippen molar-refractivity contribution in [2.75, 3.05) is 25.6 Å². The van der Waals surface area contributed by atoms with Gasteiger partial charge in [0.05, 0.1) is 31.1 Å². The highest BCUT2D eigenvalue weighted by molar-refractivity contribution is 5.41. The van der Waals surface area contributed by atoms with E-state index in [1.165, 1.54) is 25.7 Å². The molecule has 2 atom stereocenters. The standard InChI is InChI=1S/C16H27N3O2/c1-3-21-15-10-14(16(15)6-4-5-7-16)18-13-11-17-19(12-13)8-9-20-2/h11-12,14-15,18H,3-10H2,1-2H3. The lowest BCUT2D eigenvalue weighted by Gasteiger charge is -2.54. The molecule has 1 aromatic rings. The van der Waals surface area contributed by atoms with Gasteiger partial charge in [-0.3, -0.25) is 4.68 Å². The Morgan fingerprint density at radius 2 is 2.24 bits per heavy atom. The Kier molecular flexibility index (Phi) is 4.50. The van der Waals surface area contributed by atoms with Crippen LogP contribution in [0.1, 0.15) is 39.0 Å². The topological polar surface area (TPSA) is 48.3 Å². The van der Waals surface area contributed by atoms with E-state index in [9.17, 15) is 0 Å². The number of aromatic nitrogens is 2. The number of rotatable bonds is 7. The van der Waals surface area contributed by atoms with E-state index in [4.69, 9.17) is 9.47 Å². The molecule has 1 aromatic heterocycles. The summed E-state index contributed by atoms with van der Waals surface area (Å²) in [5, 5.41) is 8.07. The summed E-state index contributed by atoms with van der Waals surface area (Å²) in [6.07, 6.45) is 10.9. The van der Waals surface area contributed by atoms with Crippen LogP contribution in [0.5, 0.6) is 0 Å². The van der Waals surface area contributed by atoms with Gasteiger partial charge in [-0.25, -0.2) is 0 Å². The summed E-state index contributed by atoms with van der Waals surface area (Å²) in [6.45, 7) is 4.42. The Labute approximate surface area is 127 Å². The van der Waals surface area contributed by atoms with Crippen LogP contribution < -0.4 is 5.32 Å². The van der Waals surface area contributed by atoms with Crippen molar-refractivity contribution in [2.45, 2.75) is 57.7 Å². The maximum atomic E-state index is 5.96. The van der Waals surface area contributed by atoms with Crippen molar-refractivity contribution in [3.63, 3.8) is 0 Å². The lowest BCUT2D eigenvalue weighted by atomic mass is 9.60. The minimum absolute atomic E-state index is 0.366. The monoisotopic (exact) mass is 293 g/mol. The Bertz CT molecular complexity index is 454. The highest BCUT2D eigenvalue weighted by Crippen LogP contribution is 2.55. The molecule has 5 heteroatoms. The van der Waals surface area contributed by atoms with Crippen molar-refractivity contribution < 1.29 is 9.47 Å². The summed E-state index contributed by atoms with van der Waals surface area (Å²) in [5.41, 5.74) is 1.49. The van der Waals surface area contributed by atoms with Crippen molar-refractivity contribution in [2.24, 2.45) is 5.41 Å². The largest absolute Gasteiger partial charge is 0.383 e. The molecule has 0 saturated heterocycles. The van der Waals surface area contributed by atoms with Gasteiger partial charge in [0, 0.05) is 31.4 Å². The molecule has 1 N–H and O–H groups in total. The van der Waals surface area contributed by atoms with E-state index < -0.39 is 0 Å². The molecular weight excluding hydrogens is 266 g/mol. The van der Waals surface area contributed by atoms with Crippen molar-refractivity contribution in [3.8, 4) is 0 Å². The van der Waals surface area contributed by atoms with Crippen molar-refractivity contribution >= 4 is 5.69 Å². The molecule has 2 aliphatic rings. The van der Waals surface area contributed by atoms with Crippen LogP contribution in [0, 0.1) is 5.41 Å². The van der Waals surface area contributed by atoms with Crippen LogP contribution in [0.2, 0.25) is 0 Å². The number of nitrogens with zero attached hydrogens (tertiary/aromatic N) is 2. The third-order valence-corrected chi connectivity index (χ3v) is 5.19. The van der Waals surface area contributed by atoms with E-state index in [1.54, 1.807) is 7.11 Å². The minimum Gasteiger partial charge on any atom is -0.383 e. The van der Waals surface area contributed by atoms with Crippen molar-refractivity contribution in [1.29, 1.82) is 0 Å². The van der Waals surface area contributed by atoms with E-state index >= 15 is 0 Å². The van der Waals surface area contributed by atoms with Crippen LogP contribution in [-0.4, -0.2) is 42.2 Å². The summed E-state index contributed by atoms with van der Waals surface area (Å²) in [5.74, 6) is 0. The first-order valence-electron chi connectivity index (χ1n) is 8.18. The predicted octanol–water partition coefficient (Wildman–Crippen LogP) is 2.68. The highest BCUT2D eigenvalue weighted by Gasteiger charge is 2.56.